The summed E-state index contributed by atoms with van der Waals surface area (Å²) in [5, 5.41) is 23.0. The van der Waals surface area contributed by atoms with Gasteiger partial charge in [-0.05, 0) is 38.2 Å². The fourth-order valence-corrected chi connectivity index (χ4v) is 8.15. The molecular weight excluding hydrogens is 540 g/mol. The van der Waals surface area contributed by atoms with Crippen LogP contribution >= 0.6 is 15.2 Å². The molecule has 3 aliphatic heterocycles. The maximum absolute atomic E-state index is 13.3. The number of nitrogens with zero attached hydrogens (tertiary/aromatic N) is 3. The molecule has 4 aliphatic rings. The third-order valence-electron chi connectivity index (χ3n) is 7.60. The molecule has 2 bridgehead atoms. The van der Waals surface area contributed by atoms with Gasteiger partial charge in [0.25, 0.3) is 0 Å². The first-order valence-electron chi connectivity index (χ1n) is 12.8. The van der Waals surface area contributed by atoms with Crippen LogP contribution in [-0.4, -0.2) is 94.0 Å². The first-order chi connectivity index (χ1) is 18.0. The Morgan fingerprint density at radius 1 is 0.921 bits per heavy atom. The van der Waals surface area contributed by atoms with Gasteiger partial charge in [-0.3, -0.25) is 18.2 Å². The summed E-state index contributed by atoms with van der Waals surface area (Å²) in [6, 6.07) is 0. The molecule has 38 heavy (non-hydrogen) atoms. The molecule has 10 atom stereocenters. The zero-order valence-corrected chi connectivity index (χ0v) is 23.2. The normalized spacial score (nSPS) is 44.1. The highest BCUT2D eigenvalue weighted by atomic mass is 31.2. The number of hydrogen-bond donors (Lipinski definition) is 2. The van der Waals surface area contributed by atoms with Crippen molar-refractivity contribution in [1.82, 2.24) is 14.5 Å². The van der Waals surface area contributed by atoms with Crippen LogP contribution in [0.3, 0.4) is 0 Å². The lowest BCUT2D eigenvalue weighted by Crippen LogP contribution is -2.36. The number of hydrogen-bond acceptors (Lipinski definition) is 12. The summed E-state index contributed by atoms with van der Waals surface area (Å²) in [5.41, 5.74) is 2.66. The second-order valence-electron chi connectivity index (χ2n) is 10.5. The highest BCUT2D eigenvalue weighted by Gasteiger charge is 2.51. The molecule has 2 aromatic heterocycles. The number of rotatable bonds is 1. The van der Waals surface area contributed by atoms with Crippen molar-refractivity contribution in [3.8, 4) is 0 Å². The fourth-order valence-electron chi connectivity index (χ4n) is 5.75. The smallest absolute Gasteiger partial charge is 0.328 e. The molecule has 2 unspecified atom stereocenters. The van der Waals surface area contributed by atoms with Crippen LogP contribution in [0.25, 0.3) is 11.0 Å². The molecular formula is C23H33N3O10P2. The van der Waals surface area contributed by atoms with Crippen molar-refractivity contribution in [3.05, 3.63) is 23.8 Å². The second kappa shape index (κ2) is 9.99. The Hall–Kier alpha value is -1.24. The average Bonchev–Trinajstić information content (AvgIpc) is 3.39. The van der Waals surface area contributed by atoms with Crippen LogP contribution in [0.2, 0.25) is 0 Å². The van der Waals surface area contributed by atoms with Crippen molar-refractivity contribution in [2.45, 2.75) is 81.6 Å². The van der Waals surface area contributed by atoms with E-state index in [0.717, 1.165) is 42.3 Å². The Bertz CT molecular complexity index is 1310. The summed E-state index contributed by atoms with van der Waals surface area (Å²) in [4.78, 5) is 8.95. The standard InChI is InChI=1S/C23H33N3O10P2/c1-12-20-18(27)15(33-12)9-31-38(3,30)36-21-16(10-32-37(2,29)35-20)34-23(19(21)28)26-8-13-6-4-5-7-14-17(13)22(26)25-11-24-14/h8,11-12,15-16,18-21,23,27-28H,4-7,9-10H2,1-3H3/t12-,15+,16+,18+,19+,20-,21+,23+,37?,38?/m0/s1. The average molecular weight is 573 g/mol. The van der Waals surface area contributed by atoms with Gasteiger partial charge >= 0.3 is 15.2 Å². The zero-order valence-electron chi connectivity index (χ0n) is 21.4. The van der Waals surface area contributed by atoms with Crippen LogP contribution in [0.15, 0.2) is 12.5 Å². The number of aryl methyl sites for hydroxylation is 2. The van der Waals surface area contributed by atoms with Gasteiger partial charge in [-0.2, -0.15) is 0 Å². The fraction of sp³-hybridized carbons (Fsp3) is 0.739. The van der Waals surface area contributed by atoms with Gasteiger partial charge in [-0.25, -0.2) is 9.97 Å². The van der Waals surface area contributed by atoms with E-state index in [4.69, 9.17) is 27.6 Å². The Labute approximate surface area is 219 Å². The molecule has 0 aromatic carbocycles. The van der Waals surface area contributed by atoms with Gasteiger partial charge in [0.2, 0.25) is 0 Å². The minimum absolute atomic E-state index is 0.253. The predicted molar refractivity (Wildman–Crippen MR) is 133 cm³/mol. The summed E-state index contributed by atoms with van der Waals surface area (Å²) in [5.74, 6) is 0. The monoisotopic (exact) mass is 573 g/mol. The maximum Gasteiger partial charge on any atom is 0.328 e. The van der Waals surface area contributed by atoms with Gasteiger partial charge < -0.3 is 33.3 Å². The summed E-state index contributed by atoms with van der Waals surface area (Å²) >= 11 is 0. The van der Waals surface area contributed by atoms with Crippen molar-refractivity contribution >= 4 is 26.2 Å². The molecule has 2 N–H and O–H groups in total. The summed E-state index contributed by atoms with van der Waals surface area (Å²) in [6.45, 7) is 3.70. The molecule has 0 radical (unpaired) electrons. The highest BCUT2D eigenvalue weighted by molar-refractivity contribution is 7.53. The molecule has 3 saturated heterocycles. The van der Waals surface area contributed by atoms with Crippen molar-refractivity contribution in [1.29, 1.82) is 0 Å². The van der Waals surface area contributed by atoms with Gasteiger partial charge in [0, 0.05) is 24.9 Å². The van der Waals surface area contributed by atoms with Crippen LogP contribution in [0.4, 0.5) is 0 Å². The Balaban J connectivity index is 1.33. The summed E-state index contributed by atoms with van der Waals surface area (Å²) in [7, 11) is -7.48. The molecule has 0 saturated carbocycles. The van der Waals surface area contributed by atoms with Crippen LogP contribution in [0.1, 0.15) is 37.3 Å². The van der Waals surface area contributed by atoms with Crippen LogP contribution in [0.5, 0.6) is 0 Å². The van der Waals surface area contributed by atoms with Crippen LogP contribution in [-0.2, 0) is 49.5 Å². The number of aliphatic hydroxyl groups is 2. The van der Waals surface area contributed by atoms with Crippen molar-refractivity contribution < 1.29 is 46.9 Å². The molecule has 6 rings (SSSR count). The van der Waals surface area contributed by atoms with E-state index in [0.29, 0.717) is 5.65 Å². The molecule has 15 heteroatoms. The van der Waals surface area contributed by atoms with E-state index in [1.54, 1.807) is 11.5 Å². The van der Waals surface area contributed by atoms with E-state index in [2.05, 4.69) is 9.97 Å². The highest BCUT2D eigenvalue weighted by Crippen LogP contribution is 2.53. The van der Waals surface area contributed by atoms with Gasteiger partial charge in [0.15, 0.2) is 6.23 Å². The van der Waals surface area contributed by atoms with Crippen LogP contribution in [0, 0.1) is 0 Å². The van der Waals surface area contributed by atoms with E-state index in [1.807, 2.05) is 6.20 Å². The second-order valence-corrected chi connectivity index (χ2v) is 14.5. The Morgan fingerprint density at radius 2 is 1.61 bits per heavy atom. The molecule has 1 aliphatic carbocycles. The molecule has 210 valence electrons. The van der Waals surface area contributed by atoms with Gasteiger partial charge in [0.05, 0.1) is 25.0 Å². The van der Waals surface area contributed by atoms with E-state index >= 15 is 0 Å². The minimum Gasteiger partial charge on any atom is -0.387 e. The minimum atomic E-state index is -3.77. The number of fused-ring (bicyclic) bond motifs is 3. The lowest BCUT2D eigenvalue weighted by Gasteiger charge is -2.26. The molecule has 2 aromatic rings. The molecule has 0 spiro atoms. The molecule has 0 amide bonds. The van der Waals surface area contributed by atoms with Gasteiger partial charge in [-0.1, -0.05) is 0 Å². The predicted octanol–water partition coefficient (Wildman–Crippen LogP) is 2.18. The van der Waals surface area contributed by atoms with Gasteiger partial charge in [-0.15, -0.1) is 0 Å². The quantitative estimate of drug-likeness (QED) is 0.479. The third kappa shape index (κ3) is 4.92. The summed E-state index contributed by atoms with van der Waals surface area (Å²) < 4.78 is 62.9. The SMILES string of the molecule is C[C@@H]1O[C@@H]2COP(C)(=O)O[C@H]3[C@@H](O)[C@H](n4cc5c6c(ncnc64)CCCC5)O[C@@H]3COP(C)(=O)O[C@@H]1[C@@H]2O. The van der Waals surface area contributed by atoms with E-state index in [9.17, 15) is 19.3 Å². The third-order valence-corrected chi connectivity index (χ3v) is 10.1. The first-order valence-corrected chi connectivity index (χ1v) is 16.8. The van der Waals surface area contributed by atoms with Crippen molar-refractivity contribution in [2.24, 2.45) is 0 Å². The lowest BCUT2D eigenvalue weighted by molar-refractivity contribution is -0.0506. The topological polar surface area (TPSA) is 161 Å². The number of aromatic nitrogens is 3. The van der Waals surface area contributed by atoms with E-state index in [-0.39, 0.29) is 13.2 Å². The largest absolute Gasteiger partial charge is 0.387 e. The number of ether oxygens (including phenoxy) is 2. The van der Waals surface area contributed by atoms with Crippen molar-refractivity contribution in [2.75, 3.05) is 26.5 Å². The first kappa shape index (κ1) is 27.0. The molecule has 13 nitrogen and oxygen atoms in total. The van der Waals surface area contributed by atoms with E-state index in [1.165, 1.54) is 19.7 Å². The van der Waals surface area contributed by atoms with E-state index < -0.39 is 64.1 Å². The van der Waals surface area contributed by atoms with Gasteiger partial charge in [0.1, 0.15) is 48.6 Å². The van der Waals surface area contributed by atoms with Crippen LogP contribution < -0.4 is 0 Å². The Kier molecular flexibility index (Phi) is 7.09. The molecule has 5 heterocycles. The summed E-state index contributed by atoms with van der Waals surface area (Å²) in [6.07, 6.45) is -0.791. The van der Waals surface area contributed by atoms with Crippen molar-refractivity contribution in [3.63, 3.8) is 0 Å². The Morgan fingerprint density at radius 3 is 2.37 bits per heavy atom. The number of aliphatic hydroxyl groups excluding tert-OH is 2. The maximum atomic E-state index is 13.3. The lowest BCUT2D eigenvalue weighted by atomic mass is 10.1. The zero-order chi connectivity index (χ0) is 26.8. The molecule has 3 fully saturated rings.